The van der Waals surface area contributed by atoms with Crippen LogP contribution < -0.4 is 10.6 Å². The molecule has 2 rings (SSSR count). The van der Waals surface area contributed by atoms with E-state index < -0.39 is 11.9 Å². The first-order chi connectivity index (χ1) is 12.9. The van der Waals surface area contributed by atoms with Crippen molar-refractivity contribution in [2.75, 3.05) is 39.3 Å². The van der Waals surface area contributed by atoms with E-state index in [9.17, 15) is 13.2 Å². The number of nitrogens with one attached hydrogen (secondary N) is 2. The van der Waals surface area contributed by atoms with Crippen LogP contribution in [0.15, 0.2) is 10.4 Å². The summed E-state index contributed by atoms with van der Waals surface area (Å²) in [6.45, 7) is 9.68. The van der Waals surface area contributed by atoms with Crippen LogP contribution in [0.25, 0.3) is 0 Å². The van der Waals surface area contributed by atoms with Crippen LogP contribution in [0.4, 0.5) is 13.2 Å². The third-order valence-corrected chi connectivity index (χ3v) is 5.37. The molecule has 0 radical (unpaired) electrons. The highest BCUT2D eigenvalue weighted by atomic mass is 32.1. The first-order valence-electron chi connectivity index (χ1n) is 9.64. The lowest BCUT2D eigenvalue weighted by atomic mass is 10.0. The predicted molar refractivity (Wildman–Crippen MR) is 104 cm³/mol. The third kappa shape index (κ3) is 8.04. The fraction of sp³-hybridized carbons (Fsp3) is 0.778. The fourth-order valence-electron chi connectivity index (χ4n) is 3.16. The summed E-state index contributed by atoms with van der Waals surface area (Å²) in [5, 5.41) is 7.89. The number of aliphatic imine (C=N–C) groups is 1. The lowest BCUT2D eigenvalue weighted by Gasteiger charge is -2.30. The van der Waals surface area contributed by atoms with Gasteiger partial charge in [0.05, 0.1) is 5.01 Å². The maximum absolute atomic E-state index is 12.6. The second-order valence-electron chi connectivity index (χ2n) is 6.96. The number of rotatable bonds is 8. The van der Waals surface area contributed by atoms with Gasteiger partial charge in [-0.15, -0.1) is 11.3 Å². The van der Waals surface area contributed by atoms with Gasteiger partial charge in [0.2, 0.25) is 0 Å². The fourth-order valence-corrected chi connectivity index (χ4v) is 3.97. The molecule has 1 aromatic rings. The smallest absolute Gasteiger partial charge is 0.357 e. The quantitative estimate of drug-likeness (QED) is 0.396. The minimum absolute atomic E-state index is 0.441. The Kier molecular flexibility index (Phi) is 8.82. The minimum atomic E-state index is -4.37. The number of nitrogens with zero attached hydrogens (tertiary/aromatic N) is 3. The molecule has 154 valence electrons. The summed E-state index contributed by atoms with van der Waals surface area (Å²) in [6, 6.07) is 0. The number of piperidine rings is 1. The van der Waals surface area contributed by atoms with Gasteiger partial charge >= 0.3 is 6.18 Å². The number of hydrogen-bond acceptors (Lipinski definition) is 4. The standard InChI is InChI=1S/C18H30F3N5S/c1-3-22-17(23-8-5-11-26-10-4-6-14(2)12-26)24-9-7-16-25-15(13-27-16)18(19,20)21/h13-14H,3-12H2,1-2H3,(H2,22,23,24). The average molecular weight is 406 g/mol. The molecular weight excluding hydrogens is 375 g/mol. The molecule has 27 heavy (non-hydrogen) atoms. The Bertz CT molecular complexity index is 588. The van der Waals surface area contributed by atoms with E-state index in [1.54, 1.807) is 0 Å². The van der Waals surface area contributed by atoms with E-state index in [2.05, 4.69) is 32.4 Å². The van der Waals surface area contributed by atoms with Crippen LogP contribution in [0, 0.1) is 5.92 Å². The zero-order valence-corrected chi connectivity index (χ0v) is 16.9. The summed E-state index contributed by atoms with van der Waals surface area (Å²) in [6.07, 6.45) is -0.319. The number of guanidine groups is 1. The Morgan fingerprint density at radius 3 is 2.89 bits per heavy atom. The van der Waals surface area contributed by atoms with E-state index in [1.165, 1.54) is 25.9 Å². The summed E-state index contributed by atoms with van der Waals surface area (Å²) in [5.74, 6) is 1.49. The van der Waals surface area contributed by atoms with Gasteiger partial charge in [0.1, 0.15) is 0 Å². The van der Waals surface area contributed by atoms with Crippen LogP contribution in [0.1, 0.15) is 43.8 Å². The average Bonchev–Trinajstić information content (AvgIpc) is 3.08. The van der Waals surface area contributed by atoms with Gasteiger partial charge in [0.25, 0.3) is 0 Å². The molecule has 9 heteroatoms. The molecule has 0 amide bonds. The van der Waals surface area contributed by atoms with E-state index in [4.69, 9.17) is 0 Å². The number of alkyl halides is 3. The lowest BCUT2D eigenvalue weighted by molar-refractivity contribution is -0.140. The summed E-state index contributed by atoms with van der Waals surface area (Å²) in [5.41, 5.74) is -0.810. The molecule has 1 fully saturated rings. The van der Waals surface area contributed by atoms with Gasteiger partial charge in [-0.25, -0.2) is 4.98 Å². The monoisotopic (exact) mass is 405 g/mol. The van der Waals surface area contributed by atoms with E-state index in [1.807, 2.05) is 6.92 Å². The predicted octanol–water partition coefficient (Wildman–Crippen LogP) is 3.38. The molecule has 2 heterocycles. The van der Waals surface area contributed by atoms with E-state index in [0.717, 1.165) is 48.7 Å². The minimum Gasteiger partial charge on any atom is -0.357 e. The highest BCUT2D eigenvalue weighted by molar-refractivity contribution is 7.09. The number of aromatic nitrogens is 1. The summed E-state index contributed by atoms with van der Waals surface area (Å²) in [7, 11) is 0. The Hall–Kier alpha value is -1.35. The van der Waals surface area contributed by atoms with Crippen molar-refractivity contribution in [3.05, 3.63) is 16.1 Å². The summed E-state index contributed by atoms with van der Waals surface area (Å²) in [4.78, 5) is 10.7. The molecule has 1 saturated heterocycles. The SMILES string of the molecule is CCNC(=NCCCN1CCCC(C)C1)NCCc1nc(C(F)(F)F)cs1. The normalized spacial score (nSPS) is 19.3. The molecule has 2 N–H and O–H groups in total. The molecule has 1 aliphatic rings. The van der Waals surface area contributed by atoms with Crippen molar-refractivity contribution in [2.24, 2.45) is 10.9 Å². The second kappa shape index (κ2) is 10.8. The Morgan fingerprint density at radius 2 is 2.22 bits per heavy atom. The number of halogens is 3. The van der Waals surface area contributed by atoms with Crippen molar-refractivity contribution in [3.63, 3.8) is 0 Å². The van der Waals surface area contributed by atoms with Crippen molar-refractivity contribution in [1.82, 2.24) is 20.5 Å². The maximum Gasteiger partial charge on any atom is 0.434 e. The zero-order valence-electron chi connectivity index (χ0n) is 16.1. The topological polar surface area (TPSA) is 52.6 Å². The molecule has 1 atom stereocenters. The van der Waals surface area contributed by atoms with Crippen molar-refractivity contribution >= 4 is 17.3 Å². The number of hydrogen-bond donors (Lipinski definition) is 2. The van der Waals surface area contributed by atoms with Gasteiger partial charge in [-0.05, 0) is 45.2 Å². The maximum atomic E-state index is 12.6. The van der Waals surface area contributed by atoms with Crippen LogP contribution in [0.5, 0.6) is 0 Å². The third-order valence-electron chi connectivity index (χ3n) is 4.46. The molecule has 0 spiro atoms. The zero-order chi connectivity index (χ0) is 19.7. The summed E-state index contributed by atoms with van der Waals surface area (Å²) >= 11 is 1.04. The number of likely N-dealkylation sites (tertiary alicyclic amines) is 1. The highest BCUT2D eigenvalue weighted by Crippen LogP contribution is 2.29. The van der Waals surface area contributed by atoms with Crippen molar-refractivity contribution in [3.8, 4) is 0 Å². The molecular formula is C18H30F3N5S. The lowest BCUT2D eigenvalue weighted by Crippen LogP contribution is -2.38. The molecule has 0 saturated carbocycles. The first-order valence-corrected chi connectivity index (χ1v) is 10.5. The Labute approximate surface area is 163 Å². The molecule has 1 aliphatic heterocycles. The molecule has 1 aromatic heterocycles. The van der Waals surface area contributed by atoms with Crippen molar-refractivity contribution in [2.45, 2.75) is 45.7 Å². The summed E-state index contributed by atoms with van der Waals surface area (Å²) < 4.78 is 37.7. The van der Waals surface area contributed by atoms with Crippen LogP contribution in [0.3, 0.4) is 0 Å². The van der Waals surface area contributed by atoms with Crippen molar-refractivity contribution in [1.29, 1.82) is 0 Å². The molecule has 1 unspecified atom stereocenters. The Balaban J connectivity index is 1.70. The van der Waals surface area contributed by atoms with Gasteiger partial charge in [0.15, 0.2) is 11.7 Å². The highest BCUT2D eigenvalue weighted by Gasteiger charge is 2.33. The van der Waals surface area contributed by atoms with E-state index in [-0.39, 0.29) is 0 Å². The van der Waals surface area contributed by atoms with E-state index in [0.29, 0.717) is 23.9 Å². The van der Waals surface area contributed by atoms with Gasteiger partial charge in [0, 0.05) is 38.0 Å². The number of thiazole rings is 1. The largest absolute Gasteiger partial charge is 0.434 e. The van der Waals surface area contributed by atoms with Gasteiger partial charge in [-0.3, -0.25) is 4.99 Å². The first kappa shape index (κ1) is 21.9. The Morgan fingerprint density at radius 1 is 1.41 bits per heavy atom. The molecule has 0 aromatic carbocycles. The van der Waals surface area contributed by atoms with Crippen LogP contribution in [-0.4, -0.2) is 55.1 Å². The molecule has 0 aliphatic carbocycles. The van der Waals surface area contributed by atoms with Crippen LogP contribution in [0.2, 0.25) is 0 Å². The molecule has 5 nitrogen and oxygen atoms in total. The van der Waals surface area contributed by atoms with Gasteiger partial charge in [-0.2, -0.15) is 13.2 Å². The van der Waals surface area contributed by atoms with Crippen LogP contribution >= 0.6 is 11.3 Å². The molecule has 0 bridgehead atoms. The second-order valence-corrected chi connectivity index (χ2v) is 7.91. The van der Waals surface area contributed by atoms with Crippen molar-refractivity contribution < 1.29 is 13.2 Å². The van der Waals surface area contributed by atoms with Crippen LogP contribution in [-0.2, 0) is 12.6 Å². The van der Waals surface area contributed by atoms with E-state index >= 15 is 0 Å². The van der Waals surface area contributed by atoms with Gasteiger partial charge < -0.3 is 15.5 Å². The van der Waals surface area contributed by atoms with Gasteiger partial charge in [-0.1, -0.05) is 6.92 Å².